The second-order valence-electron chi connectivity index (χ2n) is 4.03. The zero-order chi connectivity index (χ0) is 9.47. The Labute approximate surface area is 93.9 Å². The average Bonchev–Trinajstić information content (AvgIpc) is 2.07. The smallest absolute Gasteiger partial charge is 0.0439 e. The molecule has 1 unspecified atom stereocenters. The zero-order valence-electron chi connectivity index (χ0n) is 8.23. The van der Waals surface area contributed by atoms with E-state index in [1.807, 2.05) is 0 Å². The summed E-state index contributed by atoms with van der Waals surface area (Å²) in [6.07, 6.45) is 3.78. The molecule has 0 N–H and O–H groups in total. The lowest BCUT2D eigenvalue weighted by atomic mass is 9.84. The lowest BCUT2D eigenvalue weighted by Gasteiger charge is -2.26. The number of hydrogen-bond acceptors (Lipinski definition) is 0. The fourth-order valence-electron chi connectivity index (χ4n) is 1.72. The third-order valence-corrected chi connectivity index (χ3v) is 4.52. The molecule has 0 saturated heterocycles. The van der Waals surface area contributed by atoms with E-state index in [0.717, 1.165) is 0 Å². The van der Waals surface area contributed by atoms with Crippen molar-refractivity contribution in [1.29, 1.82) is 0 Å². The summed E-state index contributed by atoms with van der Waals surface area (Å²) in [5, 5.41) is 0. The molecule has 0 spiro atoms. The molecule has 0 bridgehead atoms. The van der Waals surface area contributed by atoms with Crippen molar-refractivity contribution in [3.8, 4) is 0 Å². The predicted octanol–water partition coefficient (Wildman–Crippen LogP) is 3.85. The minimum atomic E-state index is 0.322. The molecule has 2 rings (SSSR count). The summed E-state index contributed by atoms with van der Waals surface area (Å²) in [5.41, 5.74) is 4.63. The van der Waals surface area contributed by atoms with Crippen molar-refractivity contribution in [2.24, 2.45) is 0 Å². The lowest BCUT2D eigenvalue weighted by Crippen LogP contribution is -2.15. The van der Waals surface area contributed by atoms with Gasteiger partial charge in [-0.3, -0.25) is 0 Å². The molecule has 1 aromatic rings. The van der Waals surface area contributed by atoms with Crippen LogP contribution in [0.3, 0.4) is 0 Å². The largest absolute Gasteiger partial charge is 0.0740 e. The Morgan fingerprint density at radius 2 is 2.00 bits per heavy atom. The molecule has 0 aliphatic heterocycles. The Hall–Kier alpha value is -0.0500. The molecule has 0 fully saturated rings. The van der Waals surface area contributed by atoms with Crippen LogP contribution in [0.1, 0.15) is 37.0 Å². The van der Waals surface area contributed by atoms with E-state index in [4.69, 9.17) is 0 Å². The number of halogens is 1. The van der Waals surface area contributed by atoms with E-state index in [1.54, 1.807) is 11.1 Å². The van der Waals surface area contributed by atoms with Crippen molar-refractivity contribution >= 4 is 22.6 Å². The summed E-state index contributed by atoms with van der Waals surface area (Å²) in [6, 6.07) is 7.00. The molecule has 0 nitrogen and oxygen atoms in total. The molecule has 0 radical (unpaired) electrons. The number of aryl methyl sites for hydroxylation is 2. The van der Waals surface area contributed by atoms with Crippen molar-refractivity contribution in [2.75, 3.05) is 0 Å². The SMILES string of the molecule is CCC(C)(I)c1ccc2c(c1)CC2. The first-order chi connectivity index (χ1) is 6.13. The maximum atomic E-state index is 2.56. The highest BCUT2D eigenvalue weighted by molar-refractivity contribution is 14.1. The highest BCUT2D eigenvalue weighted by Gasteiger charge is 2.22. The Morgan fingerprint density at radius 1 is 1.31 bits per heavy atom. The molecule has 70 valence electrons. The van der Waals surface area contributed by atoms with E-state index >= 15 is 0 Å². The van der Waals surface area contributed by atoms with Gasteiger partial charge in [0.25, 0.3) is 0 Å². The third kappa shape index (κ3) is 1.63. The molecule has 0 heterocycles. The molecule has 1 atom stereocenters. The first kappa shape index (κ1) is 9.50. The van der Waals surface area contributed by atoms with Gasteiger partial charge in [-0.2, -0.15) is 0 Å². The van der Waals surface area contributed by atoms with Crippen LogP contribution in [0.25, 0.3) is 0 Å². The van der Waals surface area contributed by atoms with Gasteiger partial charge in [-0.15, -0.1) is 0 Å². The van der Waals surface area contributed by atoms with Gasteiger partial charge in [-0.05, 0) is 42.9 Å². The van der Waals surface area contributed by atoms with Gasteiger partial charge >= 0.3 is 0 Å². The van der Waals surface area contributed by atoms with Gasteiger partial charge in [0.05, 0.1) is 0 Å². The second-order valence-corrected chi connectivity index (χ2v) is 6.42. The molecule has 0 aromatic heterocycles. The molecule has 1 heteroatoms. The minimum absolute atomic E-state index is 0.322. The van der Waals surface area contributed by atoms with E-state index < -0.39 is 0 Å². The molecule has 0 amide bonds. The summed E-state index contributed by atoms with van der Waals surface area (Å²) < 4.78 is 0.322. The molecule has 1 aliphatic rings. The fraction of sp³-hybridized carbons (Fsp3) is 0.500. The number of benzene rings is 1. The van der Waals surface area contributed by atoms with Crippen molar-refractivity contribution in [3.63, 3.8) is 0 Å². The molecule has 13 heavy (non-hydrogen) atoms. The van der Waals surface area contributed by atoms with Crippen LogP contribution in [-0.2, 0) is 16.3 Å². The number of alkyl halides is 1. The van der Waals surface area contributed by atoms with E-state index in [9.17, 15) is 0 Å². The molecular weight excluding hydrogens is 271 g/mol. The fourth-order valence-corrected chi connectivity index (χ4v) is 2.06. The van der Waals surface area contributed by atoms with Gasteiger partial charge < -0.3 is 0 Å². The van der Waals surface area contributed by atoms with Crippen LogP contribution in [0.15, 0.2) is 18.2 Å². The van der Waals surface area contributed by atoms with Gasteiger partial charge in [0.15, 0.2) is 0 Å². The Bertz CT molecular complexity index is 326. The normalized spacial score (nSPS) is 18.7. The quantitative estimate of drug-likeness (QED) is 0.572. The lowest BCUT2D eigenvalue weighted by molar-refractivity contribution is 0.693. The molecule has 0 saturated carbocycles. The van der Waals surface area contributed by atoms with Crippen LogP contribution in [0.4, 0.5) is 0 Å². The number of rotatable bonds is 2. The van der Waals surface area contributed by atoms with Crippen molar-refractivity contribution in [3.05, 3.63) is 34.9 Å². The van der Waals surface area contributed by atoms with Gasteiger partial charge in [0, 0.05) is 3.42 Å². The zero-order valence-corrected chi connectivity index (χ0v) is 10.4. The van der Waals surface area contributed by atoms with Crippen LogP contribution < -0.4 is 0 Å². The summed E-state index contributed by atoms with van der Waals surface area (Å²) in [5.74, 6) is 0. The Morgan fingerprint density at radius 3 is 2.46 bits per heavy atom. The monoisotopic (exact) mass is 286 g/mol. The van der Waals surface area contributed by atoms with Gasteiger partial charge in [0.1, 0.15) is 0 Å². The number of fused-ring (bicyclic) bond motifs is 1. The van der Waals surface area contributed by atoms with Gasteiger partial charge in [-0.25, -0.2) is 0 Å². The van der Waals surface area contributed by atoms with Crippen LogP contribution >= 0.6 is 22.6 Å². The van der Waals surface area contributed by atoms with Gasteiger partial charge in [-0.1, -0.05) is 47.7 Å². The predicted molar refractivity (Wildman–Crippen MR) is 65.5 cm³/mol. The maximum absolute atomic E-state index is 2.56. The summed E-state index contributed by atoms with van der Waals surface area (Å²) in [7, 11) is 0. The first-order valence-electron chi connectivity index (χ1n) is 4.94. The molecule has 1 aromatic carbocycles. The summed E-state index contributed by atoms with van der Waals surface area (Å²) >= 11 is 2.56. The Balaban J connectivity index is 2.36. The van der Waals surface area contributed by atoms with Crippen LogP contribution in [0.5, 0.6) is 0 Å². The molecular formula is C12H15I. The van der Waals surface area contributed by atoms with E-state index in [2.05, 4.69) is 54.6 Å². The standard InChI is InChI=1S/C12H15I/c1-3-12(2,13)11-7-6-9-4-5-10(9)8-11/h6-8H,3-5H2,1-2H3. The third-order valence-electron chi connectivity index (χ3n) is 3.14. The highest BCUT2D eigenvalue weighted by Crippen LogP contribution is 2.37. The second kappa shape index (κ2) is 3.26. The average molecular weight is 286 g/mol. The van der Waals surface area contributed by atoms with E-state index in [1.165, 1.54) is 24.8 Å². The Kier molecular flexibility index (Phi) is 2.39. The summed E-state index contributed by atoms with van der Waals surface area (Å²) in [4.78, 5) is 0. The van der Waals surface area contributed by atoms with Crippen molar-refractivity contribution in [1.82, 2.24) is 0 Å². The first-order valence-corrected chi connectivity index (χ1v) is 6.02. The minimum Gasteiger partial charge on any atom is -0.0740 e. The van der Waals surface area contributed by atoms with Crippen LogP contribution in [0.2, 0.25) is 0 Å². The van der Waals surface area contributed by atoms with Crippen molar-refractivity contribution < 1.29 is 0 Å². The topological polar surface area (TPSA) is 0 Å². The van der Waals surface area contributed by atoms with Crippen LogP contribution in [-0.4, -0.2) is 0 Å². The number of hydrogen-bond donors (Lipinski definition) is 0. The van der Waals surface area contributed by atoms with Crippen LogP contribution in [0, 0.1) is 0 Å². The highest BCUT2D eigenvalue weighted by atomic mass is 127. The van der Waals surface area contributed by atoms with E-state index in [0.29, 0.717) is 3.42 Å². The summed E-state index contributed by atoms with van der Waals surface area (Å²) in [6.45, 7) is 4.57. The van der Waals surface area contributed by atoms with E-state index in [-0.39, 0.29) is 0 Å². The van der Waals surface area contributed by atoms with Crippen molar-refractivity contribution in [2.45, 2.75) is 36.5 Å². The van der Waals surface area contributed by atoms with Gasteiger partial charge in [0.2, 0.25) is 0 Å². The molecule has 1 aliphatic carbocycles. The maximum Gasteiger partial charge on any atom is 0.0439 e.